The molecule has 3 aromatic rings. The molecule has 0 saturated carbocycles. The lowest BCUT2D eigenvalue weighted by molar-refractivity contribution is -0.125. The fourth-order valence-electron chi connectivity index (χ4n) is 3.23. The van der Waals surface area contributed by atoms with Crippen LogP contribution in [-0.2, 0) is 9.59 Å². The monoisotopic (exact) mass is 396 g/mol. The van der Waals surface area contributed by atoms with Gasteiger partial charge in [-0.05, 0) is 24.3 Å². The lowest BCUT2D eigenvalue weighted by Crippen LogP contribution is -2.35. The van der Waals surface area contributed by atoms with Gasteiger partial charge in [0, 0.05) is 21.8 Å². The number of para-hydroxylation sites is 1. The topological polar surface area (TPSA) is 85.2 Å². The first-order chi connectivity index (χ1) is 13.6. The van der Waals surface area contributed by atoms with E-state index in [0.29, 0.717) is 27.8 Å². The highest BCUT2D eigenvalue weighted by Crippen LogP contribution is 2.38. The van der Waals surface area contributed by atoms with Crippen LogP contribution in [0.25, 0.3) is 11.1 Å². The van der Waals surface area contributed by atoms with E-state index in [9.17, 15) is 9.59 Å². The molecule has 2 heterocycles. The van der Waals surface area contributed by atoms with Crippen molar-refractivity contribution in [3.05, 3.63) is 59.8 Å². The second kappa shape index (κ2) is 7.36. The van der Waals surface area contributed by atoms with Crippen molar-refractivity contribution in [2.75, 3.05) is 17.7 Å². The quantitative estimate of drug-likeness (QED) is 0.703. The largest absolute Gasteiger partial charge is 0.496 e. The zero-order valence-electron chi connectivity index (χ0n) is 15.0. The van der Waals surface area contributed by atoms with Crippen LogP contribution in [0.2, 0.25) is 5.02 Å². The number of anilines is 2. The summed E-state index contributed by atoms with van der Waals surface area (Å²) >= 11 is 5.97. The van der Waals surface area contributed by atoms with Gasteiger partial charge in [0.2, 0.25) is 11.8 Å². The zero-order chi connectivity index (χ0) is 19.7. The summed E-state index contributed by atoms with van der Waals surface area (Å²) in [4.78, 5) is 25.1. The van der Waals surface area contributed by atoms with E-state index >= 15 is 0 Å². The minimum Gasteiger partial charge on any atom is -0.496 e. The number of aromatic nitrogens is 2. The van der Waals surface area contributed by atoms with Gasteiger partial charge in [0.05, 0.1) is 19.7 Å². The van der Waals surface area contributed by atoms with Crippen LogP contribution in [0.15, 0.2) is 54.7 Å². The van der Waals surface area contributed by atoms with Gasteiger partial charge in [0.25, 0.3) is 0 Å². The Kier molecular flexibility index (Phi) is 4.75. The van der Waals surface area contributed by atoms with E-state index in [0.717, 1.165) is 5.56 Å². The fourth-order valence-corrected chi connectivity index (χ4v) is 3.42. The van der Waals surface area contributed by atoms with Crippen molar-refractivity contribution in [2.45, 2.75) is 12.5 Å². The van der Waals surface area contributed by atoms with Gasteiger partial charge in [-0.15, -0.1) is 0 Å². The Balaban J connectivity index is 1.69. The molecule has 142 valence electrons. The maximum Gasteiger partial charge on any atom is 0.249 e. The molecule has 0 radical (unpaired) electrons. The summed E-state index contributed by atoms with van der Waals surface area (Å²) in [7, 11) is 1.58. The number of nitrogens with one attached hydrogen (secondary N) is 2. The molecule has 0 bridgehead atoms. The van der Waals surface area contributed by atoms with E-state index in [-0.39, 0.29) is 18.2 Å². The molecule has 0 aliphatic carbocycles. The molecule has 1 aromatic heterocycles. The molecule has 0 spiro atoms. The highest BCUT2D eigenvalue weighted by atomic mass is 35.5. The van der Waals surface area contributed by atoms with E-state index in [1.807, 2.05) is 24.3 Å². The molecule has 2 N–H and O–H groups in total. The fraction of sp³-hybridized carbons (Fsp3) is 0.150. The van der Waals surface area contributed by atoms with Crippen molar-refractivity contribution in [3.63, 3.8) is 0 Å². The van der Waals surface area contributed by atoms with Crippen molar-refractivity contribution in [1.29, 1.82) is 0 Å². The first kappa shape index (κ1) is 18.1. The summed E-state index contributed by atoms with van der Waals surface area (Å²) in [5.74, 6) is 0.522. The molecule has 2 amide bonds. The Labute approximate surface area is 166 Å². The summed E-state index contributed by atoms with van der Waals surface area (Å²) < 4.78 is 6.94. The maximum absolute atomic E-state index is 12.8. The molecule has 4 rings (SSSR count). The predicted octanol–water partition coefficient (Wildman–Crippen LogP) is 3.73. The van der Waals surface area contributed by atoms with E-state index < -0.39 is 6.04 Å². The Hall–Kier alpha value is -3.32. The van der Waals surface area contributed by atoms with Crippen LogP contribution in [0.1, 0.15) is 12.5 Å². The van der Waals surface area contributed by atoms with Crippen LogP contribution in [-0.4, -0.2) is 28.7 Å². The van der Waals surface area contributed by atoms with Gasteiger partial charge in [0.15, 0.2) is 0 Å². The number of rotatable bonds is 4. The number of hydrogen-bond donors (Lipinski definition) is 2. The number of amides is 2. The molecule has 1 atom stereocenters. The summed E-state index contributed by atoms with van der Waals surface area (Å²) in [5, 5.41) is 10.5. The van der Waals surface area contributed by atoms with Gasteiger partial charge in [-0.2, -0.15) is 5.10 Å². The van der Waals surface area contributed by atoms with Crippen LogP contribution in [0, 0.1) is 0 Å². The van der Waals surface area contributed by atoms with Crippen LogP contribution < -0.4 is 15.4 Å². The van der Waals surface area contributed by atoms with Crippen molar-refractivity contribution in [3.8, 4) is 16.9 Å². The SMILES string of the molecule is COc1ccccc1-c1cnn2c1NC(=O)C[C@H]2C(=O)Nc1cccc(Cl)c1. The number of carbonyl (C=O) groups excluding carboxylic acids is 2. The molecular formula is C20H17ClN4O3. The lowest BCUT2D eigenvalue weighted by atomic mass is 10.1. The lowest BCUT2D eigenvalue weighted by Gasteiger charge is -2.24. The number of fused-ring (bicyclic) bond motifs is 1. The number of halogens is 1. The van der Waals surface area contributed by atoms with Gasteiger partial charge < -0.3 is 15.4 Å². The van der Waals surface area contributed by atoms with E-state index in [1.54, 1.807) is 37.6 Å². The molecular weight excluding hydrogens is 380 g/mol. The van der Waals surface area contributed by atoms with E-state index in [2.05, 4.69) is 15.7 Å². The highest BCUT2D eigenvalue weighted by molar-refractivity contribution is 6.30. The van der Waals surface area contributed by atoms with Gasteiger partial charge in [-0.25, -0.2) is 4.68 Å². The first-order valence-electron chi connectivity index (χ1n) is 8.64. The molecule has 0 saturated heterocycles. The van der Waals surface area contributed by atoms with Gasteiger partial charge in [-0.1, -0.05) is 35.9 Å². The Bertz CT molecular complexity index is 1060. The molecule has 1 aliphatic rings. The second-order valence-corrected chi connectivity index (χ2v) is 6.76. The normalized spacial score (nSPS) is 15.5. The Morgan fingerprint density at radius 3 is 2.86 bits per heavy atom. The second-order valence-electron chi connectivity index (χ2n) is 6.32. The number of carbonyl (C=O) groups is 2. The van der Waals surface area contributed by atoms with Crippen molar-refractivity contribution in [2.24, 2.45) is 0 Å². The summed E-state index contributed by atoms with van der Waals surface area (Å²) in [6.45, 7) is 0. The number of methoxy groups -OCH3 is 1. The third kappa shape index (κ3) is 3.32. The van der Waals surface area contributed by atoms with Crippen LogP contribution in [0.4, 0.5) is 11.5 Å². The number of benzene rings is 2. The average Bonchev–Trinajstić information content (AvgIpc) is 3.10. The minimum atomic E-state index is -0.772. The molecule has 7 nitrogen and oxygen atoms in total. The van der Waals surface area contributed by atoms with Crippen molar-refractivity contribution >= 4 is 34.9 Å². The number of ether oxygens (including phenoxy) is 1. The number of hydrogen-bond acceptors (Lipinski definition) is 4. The minimum absolute atomic E-state index is 0.00750. The standard InChI is InChI=1S/C20H17ClN4O3/c1-28-17-8-3-2-7-14(17)15-11-22-25-16(10-18(26)24-19(15)25)20(27)23-13-6-4-5-12(21)9-13/h2-9,11,16H,10H2,1H3,(H,23,27)(H,24,26)/t16-/m0/s1. The van der Waals surface area contributed by atoms with Crippen LogP contribution >= 0.6 is 11.6 Å². The molecule has 8 heteroatoms. The molecule has 1 aliphatic heterocycles. The Morgan fingerprint density at radius 2 is 2.07 bits per heavy atom. The summed E-state index contributed by atoms with van der Waals surface area (Å²) in [6, 6.07) is 13.5. The third-order valence-corrected chi connectivity index (χ3v) is 4.75. The first-order valence-corrected chi connectivity index (χ1v) is 9.02. The van der Waals surface area contributed by atoms with Crippen molar-refractivity contribution in [1.82, 2.24) is 9.78 Å². The predicted molar refractivity (Wildman–Crippen MR) is 107 cm³/mol. The smallest absolute Gasteiger partial charge is 0.249 e. The highest BCUT2D eigenvalue weighted by Gasteiger charge is 2.33. The van der Waals surface area contributed by atoms with Gasteiger partial charge in [-0.3, -0.25) is 9.59 Å². The number of nitrogens with zero attached hydrogens (tertiary/aromatic N) is 2. The maximum atomic E-state index is 12.8. The van der Waals surface area contributed by atoms with E-state index in [4.69, 9.17) is 16.3 Å². The van der Waals surface area contributed by atoms with E-state index in [1.165, 1.54) is 4.68 Å². The van der Waals surface area contributed by atoms with Crippen LogP contribution in [0.5, 0.6) is 5.75 Å². The van der Waals surface area contributed by atoms with Crippen molar-refractivity contribution < 1.29 is 14.3 Å². The molecule has 2 aromatic carbocycles. The zero-order valence-corrected chi connectivity index (χ0v) is 15.7. The van der Waals surface area contributed by atoms with Crippen LogP contribution in [0.3, 0.4) is 0 Å². The molecule has 28 heavy (non-hydrogen) atoms. The third-order valence-electron chi connectivity index (χ3n) is 4.52. The molecule has 0 fully saturated rings. The summed E-state index contributed by atoms with van der Waals surface area (Å²) in [6.07, 6.45) is 1.62. The van der Waals surface area contributed by atoms with Gasteiger partial charge >= 0.3 is 0 Å². The summed E-state index contributed by atoms with van der Waals surface area (Å²) in [5.41, 5.74) is 2.02. The average molecular weight is 397 g/mol. The molecule has 0 unspecified atom stereocenters. The Morgan fingerprint density at radius 1 is 1.25 bits per heavy atom. The van der Waals surface area contributed by atoms with Gasteiger partial charge in [0.1, 0.15) is 17.6 Å².